The standard InChI is InChI=1S/C12H26N2O3Si2/c1-9-11(15)12(14-17-19(6,7)8)10(2)13-16-18(3,4)5/h9H2,1-8H3. The van der Waals surface area contributed by atoms with Gasteiger partial charge in [-0.2, -0.15) is 0 Å². The Kier molecular flexibility index (Phi) is 6.64. The van der Waals surface area contributed by atoms with Gasteiger partial charge >= 0.3 is 0 Å². The summed E-state index contributed by atoms with van der Waals surface area (Å²) in [6.07, 6.45) is 0.369. The van der Waals surface area contributed by atoms with Crippen LogP contribution in [0.15, 0.2) is 10.3 Å². The molecule has 0 radical (unpaired) electrons. The topological polar surface area (TPSA) is 60.2 Å². The van der Waals surface area contributed by atoms with Crippen LogP contribution in [0.5, 0.6) is 0 Å². The molecule has 0 fully saturated rings. The van der Waals surface area contributed by atoms with E-state index in [0.29, 0.717) is 12.1 Å². The average Bonchev–Trinajstić information content (AvgIpc) is 2.23. The van der Waals surface area contributed by atoms with Crippen molar-refractivity contribution in [1.82, 2.24) is 0 Å². The summed E-state index contributed by atoms with van der Waals surface area (Å²) in [5.74, 6) is -0.0846. The van der Waals surface area contributed by atoms with Gasteiger partial charge in [-0.25, -0.2) is 0 Å². The summed E-state index contributed by atoms with van der Waals surface area (Å²) in [4.78, 5) is 11.9. The highest BCUT2D eigenvalue weighted by Gasteiger charge is 2.21. The van der Waals surface area contributed by atoms with Crippen LogP contribution in [0.1, 0.15) is 20.3 Å². The molecule has 0 spiro atoms. The molecular weight excluding hydrogens is 276 g/mol. The number of hydrogen-bond donors (Lipinski definition) is 0. The Balaban J connectivity index is 5.11. The zero-order valence-corrected chi connectivity index (χ0v) is 15.3. The number of hydrogen-bond acceptors (Lipinski definition) is 5. The summed E-state index contributed by atoms with van der Waals surface area (Å²) in [6.45, 7) is 15.6. The van der Waals surface area contributed by atoms with Crippen LogP contribution in [0.25, 0.3) is 0 Å². The maximum absolute atomic E-state index is 11.9. The molecule has 19 heavy (non-hydrogen) atoms. The van der Waals surface area contributed by atoms with Crippen molar-refractivity contribution in [2.75, 3.05) is 0 Å². The molecule has 0 amide bonds. The Morgan fingerprint density at radius 3 is 1.74 bits per heavy atom. The monoisotopic (exact) mass is 302 g/mol. The first-order chi connectivity index (χ1) is 8.46. The van der Waals surface area contributed by atoms with E-state index in [1.807, 2.05) is 39.3 Å². The fourth-order valence-electron chi connectivity index (χ4n) is 0.917. The van der Waals surface area contributed by atoms with Gasteiger partial charge in [0.05, 0.1) is 0 Å². The summed E-state index contributed by atoms with van der Waals surface area (Å²) >= 11 is 0. The van der Waals surface area contributed by atoms with Gasteiger partial charge in [-0.1, -0.05) is 12.1 Å². The quantitative estimate of drug-likeness (QED) is 0.411. The van der Waals surface area contributed by atoms with Gasteiger partial charge < -0.3 is 9.05 Å². The second kappa shape index (κ2) is 6.99. The van der Waals surface area contributed by atoms with E-state index in [-0.39, 0.29) is 11.5 Å². The molecule has 0 saturated heterocycles. The number of oxime groups is 2. The number of rotatable bonds is 7. The second-order valence-corrected chi connectivity index (χ2v) is 15.1. The molecule has 110 valence electrons. The first kappa shape index (κ1) is 18.0. The highest BCUT2D eigenvalue weighted by atomic mass is 28.4. The number of Topliss-reactive ketones (excluding diaryl/α,β-unsaturated/α-hetero) is 1. The first-order valence-electron chi connectivity index (χ1n) is 6.49. The van der Waals surface area contributed by atoms with Crippen molar-refractivity contribution in [3.8, 4) is 0 Å². The second-order valence-electron chi connectivity index (χ2n) is 6.30. The van der Waals surface area contributed by atoms with Crippen molar-refractivity contribution in [2.45, 2.75) is 59.6 Å². The zero-order valence-electron chi connectivity index (χ0n) is 13.3. The van der Waals surface area contributed by atoms with Crippen LogP contribution in [0, 0.1) is 0 Å². The predicted molar refractivity (Wildman–Crippen MR) is 84.7 cm³/mol. The lowest BCUT2D eigenvalue weighted by Crippen LogP contribution is -2.29. The Hall–Kier alpha value is -0.956. The smallest absolute Gasteiger partial charge is 0.278 e. The number of nitrogens with zero attached hydrogens (tertiary/aromatic N) is 2. The van der Waals surface area contributed by atoms with Crippen LogP contribution in [0.4, 0.5) is 0 Å². The van der Waals surface area contributed by atoms with E-state index < -0.39 is 16.6 Å². The first-order valence-corrected chi connectivity index (χ1v) is 13.3. The molecule has 0 N–H and O–H groups in total. The maximum Gasteiger partial charge on any atom is 0.278 e. The molecule has 0 heterocycles. The van der Waals surface area contributed by atoms with Crippen LogP contribution in [0.2, 0.25) is 39.3 Å². The van der Waals surface area contributed by atoms with E-state index in [4.69, 9.17) is 9.05 Å². The van der Waals surface area contributed by atoms with E-state index in [1.165, 1.54) is 0 Å². The molecule has 0 unspecified atom stereocenters. The largest absolute Gasteiger partial charge is 0.455 e. The van der Waals surface area contributed by atoms with Gasteiger partial charge in [0, 0.05) is 6.42 Å². The van der Waals surface area contributed by atoms with Gasteiger partial charge in [-0.15, -0.1) is 5.16 Å². The normalized spacial score (nSPS) is 14.3. The van der Waals surface area contributed by atoms with Gasteiger partial charge in [0.15, 0.2) is 11.5 Å². The van der Waals surface area contributed by atoms with Crippen molar-refractivity contribution in [1.29, 1.82) is 0 Å². The number of carbonyl (C=O) groups is 1. The maximum atomic E-state index is 11.9. The molecule has 0 aliphatic carbocycles. The summed E-state index contributed by atoms with van der Waals surface area (Å²) in [7, 11) is -3.57. The molecule has 0 aliphatic heterocycles. The molecule has 5 nitrogen and oxygen atoms in total. The molecule has 0 aromatic rings. The Labute approximate surface area is 118 Å². The highest BCUT2D eigenvalue weighted by molar-refractivity contribution is 6.71. The van der Waals surface area contributed by atoms with E-state index in [0.717, 1.165) is 0 Å². The summed E-state index contributed by atoms with van der Waals surface area (Å²) < 4.78 is 10.9. The minimum Gasteiger partial charge on any atom is -0.455 e. The average molecular weight is 303 g/mol. The third kappa shape index (κ3) is 8.71. The van der Waals surface area contributed by atoms with Gasteiger partial charge in [0.1, 0.15) is 5.71 Å². The van der Waals surface area contributed by atoms with Crippen molar-refractivity contribution in [3.63, 3.8) is 0 Å². The Morgan fingerprint density at radius 1 is 0.947 bits per heavy atom. The fourth-order valence-corrected chi connectivity index (χ4v) is 1.69. The lowest BCUT2D eigenvalue weighted by molar-refractivity contribution is -0.112. The number of carbonyl (C=O) groups excluding carboxylic acids is 1. The minimum absolute atomic E-state index is 0.0846. The van der Waals surface area contributed by atoms with Crippen molar-refractivity contribution < 1.29 is 13.8 Å². The summed E-state index contributed by atoms with van der Waals surface area (Å²) in [5.41, 5.74) is 0.746. The molecule has 7 heteroatoms. The van der Waals surface area contributed by atoms with Gasteiger partial charge in [0.2, 0.25) is 0 Å². The molecule has 0 aromatic heterocycles. The van der Waals surface area contributed by atoms with E-state index in [9.17, 15) is 4.79 Å². The lowest BCUT2D eigenvalue weighted by atomic mass is 10.1. The highest BCUT2D eigenvalue weighted by Crippen LogP contribution is 2.06. The van der Waals surface area contributed by atoms with E-state index in [2.05, 4.69) is 10.3 Å². The van der Waals surface area contributed by atoms with Crippen LogP contribution >= 0.6 is 0 Å². The zero-order chi connectivity index (χ0) is 15.3. The van der Waals surface area contributed by atoms with Crippen LogP contribution < -0.4 is 0 Å². The minimum atomic E-state index is -1.81. The van der Waals surface area contributed by atoms with Crippen molar-refractivity contribution >= 4 is 33.8 Å². The van der Waals surface area contributed by atoms with Crippen LogP contribution in [-0.2, 0) is 13.8 Å². The molecular formula is C12H26N2O3Si2. The Morgan fingerprint density at radius 2 is 1.37 bits per heavy atom. The summed E-state index contributed by atoms with van der Waals surface area (Å²) in [5, 5.41) is 8.03. The van der Waals surface area contributed by atoms with Gasteiger partial charge in [-0.3, -0.25) is 4.79 Å². The molecule has 0 atom stereocenters. The van der Waals surface area contributed by atoms with Crippen LogP contribution in [0.3, 0.4) is 0 Å². The van der Waals surface area contributed by atoms with E-state index in [1.54, 1.807) is 13.8 Å². The fraction of sp³-hybridized carbons (Fsp3) is 0.750. The van der Waals surface area contributed by atoms with Gasteiger partial charge in [0.25, 0.3) is 16.6 Å². The number of ketones is 1. The third-order valence-corrected chi connectivity index (χ3v) is 3.07. The molecule has 0 rings (SSSR count). The van der Waals surface area contributed by atoms with E-state index >= 15 is 0 Å². The SMILES string of the molecule is CCC(=O)C(=NO[Si](C)(C)C)C(C)=NO[Si](C)(C)C. The third-order valence-electron chi connectivity index (χ3n) is 1.80. The summed E-state index contributed by atoms with van der Waals surface area (Å²) in [6, 6.07) is 0. The molecule has 0 saturated carbocycles. The van der Waals surface area contributed by atoms with Crippen molar-refractivity contribution in [3.05, 3.63) is 0 Å². The lowest BCUT2D eigenvalue weighted by Gasteiger charge is -2.16. The predicted octanol–water partition coefficient (Wildman–Crippen LogP) is 3.40. The van der Waals surface area contributed by atoms with Crippen molar-refractivity contribution in [2.24, 2.45) is 10.3 Å². The molecule has 0 bridgehead atoms. The van der Waals surface area contributed by atoms with Crippen LogP contribution in [-0.4, -0.2) is 33.8 Å². The molecule has 0 aliphatic rings. The van der Waals surface area contributed by atoms with Gasteiger partial charge in [-0.05, 0) is 46.2 Å². The molecule has 0 aromatic carbocycles. The Bertz CT molecular complexity index is 379.